The summed E-state index contributed by atoms with van der Waals surface area (Å²) in [6.45, 7) is 8.21. The van der Waals surface area contributed by atoms with Crippen molar-refractivity contribution in [2.75, 3.05) is 25.5 Å². The van der Waals surface area contributed by atoms with E-state index in [1.54, 1.807) is 42.6 Å². The van der Waals surface area contributed by atoms with Crippen LogP contribution in [0.4, 0.5) is 5.69 Å². The van der Waals surface area contributed by atoms with E-state index in [1.165, 1.54) is 7.11 Å². The molecule has 0 saturated heterocycles. The number of halogens is 2. The quantitative estimate of drug-likeness (QED) is 0.138. The second-order valence-corrected chi connectivity index (χ2v) is 14.9. The summed E-state index contributed by atoms with van der Waals surface area (Å²) in [5, 5.41) is 3.51. The number of hydrogen-bond acceptors (Lipinski definition) is 9. The molecule has 1 N–H and O–H groups in total. The van der Waals surface area contributed by atoms with Crippen LogP contribution in [0, 0.1) is 11.8 Å². The van der Waals surface area contributed by atoms with Crippen molar-refractivity contribution in [3.8, 4) is 28.4 Å². The number of rotatable bonds is 9. The van der Waals surface area contributed by atoms with Gasteiger partial charge in [-0.25, -0.2) is 9.97 Å². The summed E-state index contributed by atoms with van der Waals surface area (Å²) in [7, 11) is 3.31. The van der Waals surface area contributed by atoms with Gasteiger partial charge in [-0.3, -0.25) is 24.3 Å². The van der Waals surface area contributed by atoms with Gasteiger partial charge in [0.1, 0.15) is 5.60 Å². The summed E-state index contributed by atoms with van der Waals surface area (Å²) in [4.78, 5) is 53.7. The van der Waals surface area contributed by atoms with Crippen LogP contribution in [0.15, 0.2) is 42.6 Å². The maximum absolute atomic E-state index is 13.7. The summed E-state index contributed by atoms with van der Waals surface area (Å²) in [6, 6.07) is 10.3. The van der Waals surface area contributed by atoms with E-state index in [0.29, 0.717) is 63.4 Å². The number of nitrogens with zero attached hydrogens (tertiary/aromatic N) is 5. The fourth-order valence-corrected chi connectivity index (χ4v) is 7.52. The number of amides is 1. The van der Waals surface area contributed by atoms with Gasteiger partial charge in [-0.1, -0.05) is 35.3 Å². The molecule has 11 nitrogen and oxygen atoms in total. The number of benzene rings is 1. The minimum Gasteiger partial charge on any atom is -0.480 e. The van der Waals surface area contributed by atoms with Crippen molar-refractivity contribution < 1.29 is 23.9 Å². The first-order valence-electron chi connectivity index (χ1n) is 17.1. The van der Waals surface area contributed by atoms with Gasteiger partial charge >= 0.3 is 5.97 Å². The van der Waals surface area contributed by atoms with Gasteiger partial charge in [0.05, 0.1) is 51.4 Å². The monoisotopic (exact) mass is 732 g/mol. The molecule has 1 aromatic carbocycles. The van der Waals surface area contributed by atoms with E-state index in [9.17, 15) is 14.4 Å². The first kappa shape index (κ1) is 36.5. The lowest BCUT2D eigenvalue weighted by molar-refractivity contribution is -0.161. The minimum atomic E-state index is -0.464. The topological polar surface area (TPSA) is 129 Å². The number of aromatic nitrogens is 4. The maximum atomic E-state index is 13.7. The van der Waals surface area contributed by atoms with Gasteiger partial charge in [-0.05, 0) is 76.6 Å². The Balaban J connectivity index is 1.13. The summed E-state index contributed by atoms with van der Waals surface area (Å²) in [6.07, 6.45) is 6.75. The van der Waals surface area contributed by atoms with Crippen LogP contribution in [0.1, 0.15) is 78.8 Å². The minimum absolute atomic E-state index is 0.0205. The average molecular weight is 734 g/mol. The van der Waals surface area contributed by atoms with Crippen molar-refractivity contribution in [1.82, 2.24) is 24.4 Å². The highest BCUT2D eigenvalue weighted by Gasteiger charge is 2.32. The van der Waals surface area contributed by atoms with Crippen molar-refractivity contribution in [1.29, 1.82) is 0 Å². The molecule has 51 heavy (non-hydrogen) atoms. The fourth-order valence-electron chi connectivity index (χ4n) is 6.95. The van der Waals surface area contributed by atoms with Crippen LogP contribution < -0.4 is 10.1 Å². The Labute approximate surface area is 307 Å². The number of ether oxygens (including phenoxy) is 2. The van der Waals surface area contributed by atoms with Gasteiger partial charge in [-0.2, -0.15) is 0 Å². The van der Waals surface area contributed by atoms with Gasteiger partial charge in [0.25, 0.3) is 5.91 Å². The summed E-state index contributed by atoms with van der Waals surface area (Å²) in [5.41, 5.74) is 4.18. The Kier molecular flexibility index (Phi) is 10.8. The third-order valence-corrected chi connectivity index (χ3v) is 10.3. The van der Waals surface area contributed by atoms with Crippen LogP contribution in [0.5, 0.6) is 5.88 Å². The molecule has 268 valence electrons. The lowest BCUT2D eigenvalue weighted by Gasteiger charge is -2.34. The molecule has 3 aromatic heterocycles. The number of aldehydes is 1. The van der Waals surface area contributed by atoms with Crippen LogP contribution in [0.2, 0.25) is 10.0 Å². The number of methoxy groups -OCH3 is 1. The highest BCUT2D eigenvalue weighted by atomic mass is 35.5. The molecule has 0 bridgehead atoms. The molecule has 4 aromatic rings. The lowest BCUT2D eigenvalue weighted by atomic mass is 9.81. The lowest BCUT2D eigenvalue weighted by Crippen LogP contribution is -2.37. The van der Waals surface area contributed by atoms with Crippen molar-refractivity contribution in [2.45, 2.75) is 65.0 Å². The smallest absolute Gasteiger partial charge is 0.309 e. The number of esters is 1. The molecule has 0 atom stereocenters. The van der Waals surface area contributed by atoms with Gasteiger partial charge in [0.2, 0.25) is 5.88 Å². The number of carbonyl (C=O) groups is 3. The second kappa shape index (κ2) is 15.1. The molecule has 13 heteroatoms. The SMILES string of the molecule is COc1nc(-c2ccnc(-c3cccc(NC(=O)c4nc5c(n4C)CCN(CC4CCC(C(=O)OC(C)(C)C)CC4)C5)c3Cl)c2Cl)ccc1C=O. The van der Waals surface area contributed by atoms with E-state index in [0.717, 1.165) is 56.6 Å². The van der Waals surface area contributed by atoms with Gasteiger partial charge < -0.3 is 19.4 Å². The largest absolute Gasteiger partial charge is 0.480 e. The molecule has 1 aliphatic heterocycles. The molecule has 1 fully saturated rings. The normalized spacial score (nSPS) is 17.8. The van der Waals surface area contributed by atoms with Crippen LogP contribution >= 0.6 is 23.2 Å². The van der Waals surface area contributed by atoms with Crippen molar-refractivity contribution >= 4 is 47.1 Å². The summed E-state index contributed by atoms with van der Waals surface area (Å²) < 4.78 is 12.8. The number of fused-ring (bicyclic) bond motifs is 1. The van der Waals surface area contributed by atoms with Crippen molar-refractivity contribution in [2.24, 2.45) is 18.9 Å². The predicted octanol–water partition coefficient (Wildman–Crippen LogP) is 7.43. The van der Waals surface area contributed by atoms with Crippen molar-refractivity contribution in [3.63, 3.8) is 0 Å². The van der Waals surface area contributed by atoms with Crippen LogP contribution in [0.3, 0.4) is 0 Å². The maximum Gasteiger partial charge on any atom is 0.309 e. The number of anilines is 1. The Morgan fingerprint density at radius 3 is 2.49 bits per heavy atom. The molecule has 6 rings (SSSR count). The molecule has 1 saturated carbocycles. The Hall–Kier alpha value is -4.32. The van der Waals surface area contributed by atoms with E-state index in [1.807, 2.05) is 32.4 Å². The zero-order valence-corrected chi connectivity index (χ0v) is 31.0. The highest BCUT2D eigenvalue weighted by Crippen LogP contribution is 2.40. The average Bonchev–Trinajstić information content (AvgIpc) is 3.44. The van der Waals surface area contributed by atoms with E-state index < -0.39 is 5.60 Å². The van der Waals surface area contributed by atoms with E-state index in [-0.39, 0.29) is 28.7 Å². The molecule has 1 amide bonds. The van der Waals surface area contributed by atoms with Gasteiger partial charge in [-0.15, -0.1) is 0 Å². The van der Waals surface area contributed by atoms with Crippen LogP contribution in [-0.2, 0) is 29.5 Å². The van der Waals surface area contributed by atoms with Gasteiger partial charge in [0.15, 0.2) is 12.1 Å². The standard InChI is InChI=1S/C38H42Cl2N6O5/c1-38(2,3)51-37(49)23-11-9-22(10-12-23)19-46-18-16-30-29(20-46)42-34(45(30)4)35(48)43-28-8-6-7-26(31(28)39)33-32(40)25(15-17-41-33)27-14-13-24(21-47)36(44-27)50-5/h6-8,13-15,17,21-23H,9-12,16,18-20H2,1-5H3,(H,43,48). The zero-order valence-electron chi connectivity index (χ0n) is 29.5. The molecule has 1 aliphatic carbocycles. The molecule has 0 spiro atoms. The predicted molar refractivity (Wildman–Crippen MR) is 196 cm³/mol. The number of pyridine rings is 2. The Morgan fingerprint density at radius 2 is 1.78 bits per heavy atom. The summed E-state index contributed by atoms with van der Waals surface area (Å²) in [5.74, 6) is 0.519. The third kappa shape index (κ3) is 7.95. The number of hydrogen-bond donors (Lipinski definition) is 1. The Morgan fingerprint density at radius 1 is 1.02 bits per heavy atom. The van der Waals surface area contributed by atoms with Crippen LogP contribution in [-0.4, -0.2) is 68.4 Å². The first-order chi connectivity index (χ1) is 24.4. The Bertz CT molecular complexity index is 1960. The molecule has 4 heterocycles. The molecule has 0 radical (unpaired) electrons. The van der Waals surface area contributed by atoms with Crippen molar-refractivity contribution in [3.05, 3.63) is 75.4 Å². The third-order valence-electron chi connectivity index (χ3n) is 9.52. The number of imidazole rings is 1. The van der Waals surface area contributed by atoms with E-state index >= 15 is 0 Å². The highest BCUT2D eigenvalue weighted by molar-refractivity contribution is 6.39. The van der Waals surface area contributed by atoms with E-state index in [2.05, 4.69) is 20.2 Å². The number of nitrogens with one attached hydrogen (secondary N) is 1. The fraction of sp³-hybridized carbons (Fsp3) is 0.421. The van der Waals surface area contributed by atoms with E-state index in [4.69, 9.17) is 37.7 Å². The second-order valence-electron chi connectivity index (χ2n) is 14.2. The molecular formula is C38H42Cl2N6O5. The first-order valence-corrected chi connectivity index (χ1v) is 17.9. The number of carbonyl (C=O) groups excluding carboxylic acids is 3. The zero-order chi connectivity index (χ0) is 36.4. The molecular weight excluding hydrogens is 691 g/mol. The van der Waals surface area contributed by atoms with Gasteiger partial charge in [0, 0.05) is 56.1 Å². The molecule has 0 unspecified atom stereocenters. The van der Waals surface area contributed by atoms with Crippen LogP contribution in [0.25, 0.3) is 22.5 Å². The summed E-state index contributed by atoms with van der Waals surface area (Å²) >= 11 is 13.8. The molecule has 2 aliphatic rings.